The number of nitro groups is 2. The maximum absolute atomic E-state index is 9.94. The predicted octanol–water partition coefficient (Wildman–Crippen LogP) is 0.224. The summed E-state index contributed by atoms with van der Waals surface area (Å²) in [4.78, 5) is 23.3. The van der Waals surface area contributed by atoms with Gasteiger partial charge in [-0.3, -0.25) is 0 Å². The van der Waals surface area contributed by atoms with Crippen molar-refractivity contribution < 1.29 is 26.9 Å². The number of rotatable bonds is 2. The number of nitrogens with zero attached hydrogens (tertiary/aromatic N) is 3. The second kappa shape index (κ2) is 3.79. The normalized spacial score (nSPS) is 8.67. The van der Waals surface area contributed by atoms with Crippen molar-refractivity contribution in [3.05, 3.63) is 26.4 Å². The molecule has 0 aliphatic heterocycles. The SMILES string of the molecule is O=[N+]([O-])c1c[nH]c([N+](=O)[O-])n1.[Fe]. The molecule has 0 bridgehead atoms. The fraction of sp³-hybridized carbons (Fsp3) is 0. The fourth-order valence-electron chi connectivity index (χ4n) is 0.489. The first kappa shape index (κ1) is 10.5. The van der Waals surface area contributed by atoms with Crippen LogP contribution >= 0.6 is 0 Å². The molecule has 0 spiro atoms. The summed E-state index contributed by atoms with van der Waals surface area (Å²) >= 11 is 0. The van der Waals surface area contributed by atoms with Gasteiger partial charge in [0.05, 0.1) is 0 Å². The van der Waals surface area contributed by atoms with E-state index < -0.39 is 21.6 Å². The Morgan fingerprint density at radius 1 is 1.33 bits per heavy atom. The molecule has 0 aromatic carbocycles. The number of nitrogens with one attached hydrogen (secondary N) is 1. The summed E-state index contributed by atoms with van der Waals surface area (Å²) in [6, 6.07) is 0. The van der Waals surface area contributed by atoms with E-state index in [0.29, 0.717) is 0 Å². The third kappa shape index (κ3) is 2.01. The minimum atomic E-state index is -0.840. The first-order valence-corrected chi connectivity index (χ1v) is 2.45. The zero-order valence-electron chi connectivity index (χ0n) is 5.41. The number of H-pyrrole nitrogens is 1. The zero-order valence-corrected chi connectivity index (χ0v) is 6.51. The number of hydrogen-bond acceptors (Lipinski definition) is 5. The Bertz CT molecular complexity index is 281. The summed E-state index contributed by atoms with van der Waals surface area (Å²) < 4.78 is 0. The zero-order chi connectivity index (χ0) is 8.43. The topological polar surface area (TPSA) is 115 Å². The summed E-state index contributed by atoms with van der Waals surface area (Å²) in [6.07, 6.45) is 0.859. The van der Waals surface area contributed by atoms with Crippen LogP contribution in [0.3, 0.4) is 0 Å². The molecule has 12 heavy (non-hydrogen) atoms. The molecule has 0 atom stereocenters. The molecule has 0 amide bonds. The van der Waals surface area contributed by atoms with Crippen LogP contribution in [0, 0.1) is 20.2 Å². The van der Waals surface area contributed by atoms with E-state index in [9.17, 15) is 20.2 Å². The summed E-state index contributed by atoms with van der Waals surface area (Å²) in [7, 11) is 0. The van der Waals surface area contributed by atoms with Gasteiger partial charge in [-0.2, -0.15) is 0 Å². The Morgan fingerprint density at radius 3 is 2.17 bits per heavy atom. The second-order valence-electron chi connectivity index (χ2n) is 1.60. The van der Waals surface area contributed by atoms with Crippen molar-refractivity contribution >= 4 is 11.8 Å². The number of aromatic amines is 1. The molecule has 0 saturated heterocycles. The molecule has 0 unspecified atom stereocenters. The molecular weight excluding hydrogens is 212 g/mol. The van der Waals surface area contributed by atoms with Gasteiger partial charge in [0.15, 0.2) is 6.20 Å². The van der Waals surface area contributed by atoms with E-state index >= 15 is 0 Å². The molecule has 1 rings (SSSR count). The molecule has 1 N–H and O–H groups in total. The van der Waals surface area contributed by atoms with Crippen LogP contribution in [0.5, 0.6) is 0 Å². The van der Waals surface area contributed by atoms with Crippen LogP contribution in [0.4, 0.5) is 11.8 Å². The maximum atomic E-state index is 9.94. The molecule has 9 heteroatoms. The van der Waals surface area contributed by atoms with Gasteiger partial charge in [0, 0.05) is 17.1 Å². The minimum Gasteiger partial charge on any atom is -0.390 e. The summed E-state index contributed by atoms with van der Waals surface area (Å²) in [5.41, 5.74) is 0. The molecule has 0 fully saturated rings. The minimum absolute atomic E-state index is 0. The molecule has 0 aliphatic rings. The van der Waals surface area contributed by atoms with Crippen molar-refractivity contribution in [2.75, 3.05) is 0 Å². The van der Waals surface area contributed by atoms with Crippen LogP contribution in [0.15, 0.2) is 6.20 Å². The molecule has 8 nitrogen and oxygen atoms in total. The summed E-state index contributed by atoms with van der Waals surface area (Å²) in [5.74, 6) is -1.19. The number of imidazole rings is 1. The van der Waals surface area contributed by atoms with Crippen molar-refractivity contribution in [3.63, 3.8) is 0 Å². The quantitative estimate of drug-likeness (QED) is 0.429. The van der Waals surface area contributed by atoms with Gasteiger partial charge in [0.2, 0.25) is 0 Å². The third-order valence-corrected chi connectivity index (χ3v) is 0.911. The first-order valence-electron chi connectivity index (χ1n) is 2.45. The van der Waals surface area contributed by atoms with E-state index in [-0.39, 0.29) is 17.1 Å². The van der Waals surface area contributed by atoms with E-state index in [4.69, 9.17) is 0 Å². The van der Waals surface area contributed by atoms with E-state index in [1.54, 1.807) is 0 Å². The predicted molar refractivity (Wildman–Crippen MR) is 31.9 cm³/mol. The summed E-state index contributed by atoms with van der Waals surface area (Å²) in [6.45, 7) is 0. The second-order valence-corrected chi connectivity index (χ2v) is 1.60. The maximum Gasteiger partial charge on any atom is 0.436 e. The molecular formula is C3H2FeN4O4. The smallest absolute Gasteiger partial charge is 0.390 e. The van der Waals surface area contributed by atoms with Gasteiger partial charge in [-0.1, -0.05) is 0 Å². The Balaban J connectivity index is 0.00000121. The van der Waals surface area contributed by atoms with Crippen molar-refractivity contribution in [2.45, 2.75) is 0 Å². The van der Waals surface area contributed by atoms with Gasteiger partial charge in [0.1, 0.15) is 0 Å². The third-order valence-electron chi connectivity index (χ3n) is 0.911. The van der Waals surface area contributed by atoms with E-state index in [2.05, 4.69) is 4.98 Å². The molecule has 66 valence electrons. The average Bonchev–Trinajstić information content (AvgIpc) is 2.33. The van der Waals surface area contributed by atoms with Crippen LogP contribution in [0.2, 0.25) is 0 Å². The molecule has 0 saturated carbocycles. The van der Waals surface area contributed by atoms with E-state index in [1.165, 1.54) is 0 Å². The van der Waals surface area contributed by atoms with Gasteiger partial charge in [-0.05, 0) is 14.8 Å². The number of hydrogen-bond donors (Lipinski definition) is 1. The molecule has 1 aromatic heterocycles. The Morgan fingerprint density at radius 2 is 1.92 bits per heavy atom. The first-order chi connectivity index (χ1) is 5.11. The Labute approximate surface area is 75.8 Å². The number of aromatic nitrogens is 2. The van der Waals surface area contributed by atoms with Crippen LogP contribution in [-0.2, 0) is 17.1 Å². The van der Waals surface area contributed by atoms with Crippen LogP contribution in [0.1, 0.15) is 0 Å². The van der Waals surface area contributed by atoms with E-state index in [0.717, 1.165) is 6.20 Å². The van der Waals surface area contributed by atoms with E-state index in [1.807, 2.05) is 4.98 Å². The van der Waals surface area contributed by atoms with Crippen molar-refractivity contribution in [2.24, 2.45) is 0 Å². The standard InChI is InChI=1S/C3H2N4O4.Fe/c8-6(9)2-1-4-3(5-2)7(10)11;/h1H,(H,4,5);. The fourth-order valence-corrected chi connectivity index (χ4v) is 0.489. The van der Waals surface area contributed by atoms with Gasteiger partial charge in [-0.15, -0.1) is 0 Å². The van der Waals surface area contributed by atoms with Gasteiger partial charge in [0.25, 0.3) is 0 Å². The van der Waals surface area contributed by atoms with Crippen molar-refractivity contribution in [1.29, 1.82) is 0 Å². The Kier molecular flexibility index (Phi) is 3.32. The van der Waals surface area contributed by atoms with Crippen LogP contribution in [0.25, 0.3) is 0 Å². The van der Waals surface area contributed by atoms with Crippen LogP contribution < -0.4 is 0 Å². The molecule has 0 aliphatic carbocycles. The summed E-state index contributed by atoms with van der Waals surface area (Å²) in [5, 5.41) is 19.9. The largest absolute Gasteiger partial charge is 0.436 e. The van der Waals surface area contributed by atoms with Gasteiger partial charge >= 0.3 is 11.8 Å². The van der Waals surface area contributed by atoms with Crippen molar-refractivity contribution in [1.82, 2.24) is 9.97 Å². The molecule has 1 aromatic rings. The molecule has 1 heterocycles. The molecule has 0 radical (unpaired) electrons. The van der Waals surface area contributed by atoms with Gasteiger partial charge < -0.3 is 20.2 Å². The van der Waals surface area contributed by atoms with Gasteiger partial charge in [-0.25, -0.2) is 4.98 Å². The van der Waals surface area contributed by atoms with Crippen molar-refractivity contribution in [3.8, 4) is 0 Å². The monoisotopic (exact) mass is 214 g/mol. The average molecular weight is 214 g/mol. The van der Waals surface area contributed by atoms with Crippen LogP contribution in [-0.4, -0.2) is 19.8 Å². The Hall–Kier alpha value is -1.47.